The summed E-state index contributed by atoms with van der Waals surface area (Å²) in [6.45, 7) is 3.22. The SMILES string of the molecule is CCn1c(CN(C=O)c2nc(Cl)c(N)nc2N)[n+](CC)c2ccc(C(=O)NCCc3ccc(-c4ccc(CCN(C[C@H](O)[C@@H](O)[C@H](O)[C@H](O)CO)C[C@H](O)[C@@H](O)[C@H](O)[C@H](O)CO)cc4)cc3)cc21. The van der Waals surface area contributed by atoms with E-state index < -0.39 is 62.0 Å². The third-order valence-electron chi connectivity index (χ3n) is 11.9. The fourth-order valence-electron chi connectivity index (χ4n) is 7.93. The van der Waals surface area contributed by atoms with Crippen molar-refractivity contribution >= 4 is 52.4 Å². The lowest BCUT2D eigenvalue weighted by atomic mass is 10.00. The molecular weight excluding hydrogens is 906 g/mol. The molecule has 0 fully saturated rings. The van der Waals surface area contributed by atoms with Crippen LogP contribution in [-0.2, 0) is 37.3 Å². The second kappa shape index (κ2) is 24.8. The van der Waals surface area contributed by atoms with Crippen molar-refractivity contribution in [1.82, 2.24) is 24.8 Å². The van der Waals surface area contributed by atoms with Gasteiger partial charge in [0.15, 0.2) is 33.6 Å². The molecule has 2 amide bonds. The molecule has 2 aromatic heterocycles. The van der Waals surface area contributed by atoms with E-state index in [9.17, 15) is 50.4 Å². The Balaban J connectivity index is 1.19. The predicted molar refractivity (Wildman–Crippen MR) is 252 cm³/mol. The molecule has 5 aromatic rings. The first-order valence-electron chi connectivity index (χ1n) is 22.2. The third-order valence-corrected chi connectivity index (χ3v) is 12.1. The summed E-state index contributed by atoms with van der Waals surface area (Å²) in [6.07, 6.45) is -12.8. The predicted octanol–water partition coefficient (Wildman–Crippen LogP) is -1.90. The second-order valence-electron chi connectivity index (χ2n) is 16.5. The summed E-state index contributed by atoms with van der Waals surface area (Å²) >= 11 is 6.10. The zero-order valence-corrected chi connectivity index (χ0v) is 38.6. The van der Waals surface area contributed by atoms with Crippen molar-refractivity contribution in [2.24, 2.45) is 0 Å². The third kappa shape index (κ3) is 13.0. The Morgan fingerprint density at radius 1 is 0.765 bits per heavy atom. The highest BCUT2D eigenvalue weighted by Gasteiger charge is 2.35. The summed E-state index contributed by atoms with van der Waals surface area (Å²) in [5.74, 6) is 0.505. The van der Waals surface area contributed by atoms with Crippen LogP contribution in [0, 0.1) is 0 Å². The molecule has 5 rings (SSSR count). The van der Waals surface area contributed by atoms with E-state index in [1.165, 1.54) is 9.80 Å². The van der Waals surface area contributed by atoms with Crippen LogP contribution < -0.4 is 26.3 Å². The van der Waals surface area contributed by atoms with Crippen LogP contribution in [0.1, 0.15) is 41.2 Å². The van der Waals surface area contributed by atoms with Crippen LogP contribution in [0.25, 0.3) is 22.2 Å². The van der Waals surface area contributed by atoms with Crippen molar-refractivity contribution in [3.05, 3.63) is 94.4 Å². The first-order valence-corrected chi connectivity index (χ1v) is 22.5. The van der Waals surface area contributed by atoms with Gasteiger partial charge in [-0.05, 0) is 61.1 Å². The van der Waals surface area contributed by atoms with Gasteiger partial charge in [-0.25, -0.2) is 19.1 Å². The Morgan fingerprint density at radius 2 is 1.29 bits per heavy atom. The van der Waals surface area contributed by atoms with Crippen LogP contribution in [0.15, 0.2) is 66.7 Å². The molecule has 0 spiro atoms. The molecule has 3 aromatic carbocycles. The molecule has 0 aliphatic heterocycles. The number of amides is 2. The van der Waals surface area contributed by atoms with Crippen LogP contribution in [0.5, 0.6) is 0 Å². The average molecular weight is 970 g/mol. The lowest BCUT2D eigenvalue weighted by molar-refractivity contribution is -0.676. The zero-order chi connectivity index (χ0) is 49.8. The minimum absolute atomic E-state index is 0.0445. The van der Waals surface area contributed by atoms with Crippen molar-refractivity contribution < 1.29 is 65.2 Å². The molecule has 0 saturated carbocycles. The number of hydrogen-bond donors (Lipinski definition) is 13. The molecule has 0 bridgehead atoms. The van der Waals surface area contributed by atoms with E-state index >= 15 is 0 Å². The van der Waals surface area contributed by atoms with Gasteiger partial charge in [0.1, 0.15) is 43.2 Å². The highest BCUT2D eigenvalue weighted by atomic mass is 35.5. The van der Waals surface area contributed by atoms with Gasteiger partial charge in [-0.1, -0.05) is 60.1 Å². The monoisotopic (exact) mass is 968 g/mol. The van der Waals surface area contributed by atoms with E-state index in [4.69, 9.17) is 33.3 Å². The van der Waals surface area contributed by atoms with E-state index in [1.54, 1.807) is 6.07 Å². The molecule has 0 radical (unpaired) electrons. The van der Waals surface area contributed by atoms with Gasteiger partial charge in [0.2, 0.25) is 6.41 Å². The molecule has 22 heteroatoms. The van der Waals surface area contributed by atoms with E-state index in [2.05, 4.69) is 15.3 Å². The molecular formula is C46H63ClN9O12+. The highest BCUT2D eigenvalue weighted by Crippen LogP contribution is 2.27. The number of aliphatic hydroxyl groups is 10. The number of nitrogens with two attached hydrogens (primary N) is 2. The second-order valence-corrected chi connectivity index (χ2v) is 16.8. The summed E-state index contributed by atoms with van der Waals surface area (Å²) in [5, 5.41) is 103. The molecule has 2 heterocycles. The van der Waals surface area contributed by atoms with Gasteiger partial charge in [-0.15, -0.1) is 0 Å². The number of carbonyl (C=O) groups excluding carboxylic acids is 2. The topological polar surface area (TPSA) is 342 Å². The van der Waals surface area contributed by atoms with Crippen LogP contribution in [-0.4, -0.2) is 171 Å². The lowest BCUT2D eigenvalue weighted by Crippen LogP contribution is -2.53. The van der Waals surface area contributed by atoms with Gasteiger partial charge in [0.25, 0.3) is 11.7 Å². The summed E-state index contributed by atoms with van der Waals surface area (Å²) in [5.41, 5.74) is 17.6. The van der Waals surface area contributed by atoms with Crippen molar-refractivity contribution in [3.8, 4) is 11.1 Å². The van der Waals surface area contributed by atoms with Crippen molar-refractivity contribution in [2.75, 3.05) is 55.8 Å². The number of hydrogen-bond acceptors (Lipinski definition) is 17. The van der Waals surface area contributed by atoms with Gasteiger partial charge >= 0.3 is 0 Å². The number of aromatic nitrogens is 4. The maximum atomic E-state index is 13.4. The van der Waals surface area contributed by atoms with E-state index in [1.807, 2.05) is 83.6 Å². The summed E-state index contributed by atoms with van der Waals surface area (Å²) in [6, 6.07) is 21.0. The normalized spacial score (nSPS) is 15.4. The maximum Gasteiger partial charge on any atom is 0.277 e. The van der Waals surface area contributed by atoms with Gasteiger partial charge in [-0.3, -0.25) is 19.4 Å². The minimum atomic E-state index is -1.88. The molecule has 0 aliphatic rings. The van der Waals surface area contributed by atoms with Gasteiger partial charge < -0.3 is 67.8 Å². The number of benzene rings is 3. The number of imidazole rings is 1. The molecule has 0 saturated heterocycles. The fraction of sp³-hybridized carbons (Fsp3) is 0.457. The Labute approximate surface area is 397 Å². The lowest BCUT2D eigenvalue weighted by Gasteiger charge is -2.33. The Morgan fingerprint density at radius 3 is 1.79 bits per heavy atom. The van der Waals surface area contributed by atoms with E-state index in [-0.39, 0.29) is 54.7 Å². The first-order chi connectivity index (χ1) is 32.5. The minimum Gasteiger partial charge on any atom is -0.394 e. The Bertz CT molecular complexity index is 2400. The smallest absolute Gasteiger partial charge is 0.277 e. The van der Waals surface area contributed by atoms with Gasteiger partial charge in [0, 0.05) is 37.8 Å². The molecule has 15 N–H and O–H groups in total. The molecule has 21 nitrogen and oxygen atoms in total. The van der Waals surface area contributed by atoms with E-state index in [0.717, 1.165) is 39.1 Å². The molecule has 0 aliphatic carbocycles. The Kier molecular flexibility index (Phi) is 19.5. The zero-order valence-electron chi connectivity index (χ0n) is 37.8. The number of aryl methyl sites for hydroxylation is 2. The van der Waals surface area contributed by atoms with Crippen molar-refractivity contribution in [2.45, 2.75) is 95.2 Å². The number of nitrogens with zero attached hydrogens (tertiary/aromatic N) is 6. The number of halogens is 1. The highest BCUT2D eigenvalue weighted by molar-refractivity contribution is 6.31. The number of anilines is 3. The summed E-state index contributed by atoms with van der Waals surface area (Å²) < 4.78 is 4.07. The van der Waals surface area contributed by atoms with Crippen molar-refractivity contribution in [3.63, 3.8) is 0 Å². The first kappa shape index (κ1) is 53.6. The van der Waals surface area contributed by atoms with Crippen LogP contribution in [0.3, 0.4) is 0 Å². The molecule has 68 heavy (non-hydrogen) atoms. The van der Waals surface area contributed by atoms with Crippen molar-refractivity contribution in [1.29, 1.82) is 0 Å². The molecule has 370 valence electrons. The van der Waals surface area contributed by atoms with Gasteiger partial charge in [0.05, 0.1) is 38.5 Å². The van der Waals surface area contributed by atoms with E-state index in [0.29, 0.717) is 44.4 Å². The quantitative estimate of drug-likeness (QED) is 0.0213. The fourth-order valence-corrected chi connectivity index (χ4v) is 8.06. The standard InChI is InChI=1S/C46H62ClN9O12/c1-3-55-31-14-13-30(19-32(31)56(4-2)37(55)22-54(25-59)45-44(49)52-43(48)42(47)51-45)46(68)50-17-15-26-5-9-28(10-6-26)29-11-7-27(8-12-29)16-18-53(20-33(60)38(64)40(66)35(62)23-57)21-34(61)39(65)41(67)36(63)24-58/h5-14,19,25,33-36,38-41,57-58,60-67H,3-4,15-18,20-24H2,1-2H3,(H4-,48,49,50,52,68)/p+1/t33-,34-,35+,36+,38+,39+,40+,41+/m0/s1. The average Bonchev–Trinajstić information content (AvgIpc) is 3.65. The number of aliphatic hydroxyl groups excluding tert-OH is 10. The number of rotatable bonds is 26. The number of nitrogen functional groups attached to an aromatic ring is 2. The van der Waals surface area contributed by atoms with Crippen LogP contribution in [0.4, 0.5) is 17.5 Å². The number of nitrogens with one attached hydrogen (secondary N) is 1. The number of fused-ring (bicyclic) bond motifs is 1. The Hall–Kier alpha value is -5.40. The largest absolute Gasteiger partial charge is 0.394 e. The van der Waals surface area contributed by atoms with Gasteiger partial charge in [-0.2, -0.15) is 0 Å². The number of carbonyl (C=O) groups is 2. The summed E-state index contributed by atoms with van der Waals surface area (Å²) in [4.78, 5) is 36.7. The summed E-state index contributed by atoms with van der Waals surface area (Å²) in [7, 11) is 0. The van der Waals surface area contributed by atoms with Crippen LogP contribution >= 0.6 is 11.6 Å². The molecule has 8 atom stereocenters. The van der Waals surface area contributed by atoms with Crippen LogP contribution in [0.2, 0.25) is 5.15 Å². The molecule has 0 unspecified atom stereocenters. The maximum absolute atomic E-state index is 13.4.